The number of pyridine rings is 1. The van der Waals surface area contributed by atoms with E-state index >= 15 is 14.4 Å². The molecule has 24 heteroatoms. The zero-order chi connectivity index (χ0) is 71.4. The number of amides is 10. The number of hydrogen-bond donors (Lipinski definition) is 5. The standard InChI is InChI=1S/C69H117N11O13/c1-25-49-64(87)75(19)37-55(81)76(20)52(34-40(6)7)61(84)73-50(32-38(2)3)65(88)77(21)53(35-41(8)9)60(83)71-47(18)69(92)93-59(44(14)15)68(91)78(22)54(36-42(10)11)62(85)74-51(33-39(4)5)66(89)79(23)56(43(12)13)67(90)80(24)57(63(86)72-49)58(82)45(16)28-26-30-48-31-27-29-46(17)70-48/h26-27,29-31,38-45,47,49-54,56-59,82H,25,28,32-37H2,1-24H3,(H,71,83)(H,72,86)(H,73,84)(H,74,85)/b30-26+/t45-,47-,49-,50-,51-,52+,53-,54-,56-,57-,58-,59+/m1/s1. The first kappa shape index (κ1) is 82.1. The second-order valence-electron chi connectivity index (χ2n) is 28.6. The van der Waals surface area contributed by atoms with Crippen molar-refractivity contribution in [3.63, 3.8) is 0 Å². The van der Waals surface area contributed by atoms with Gasteiger partial charge in [-0.3, -0.25) is 52.9 Å². The molecule has 2 heterocycles. The molecular formula is C69H117N11O13. The smallest absolute Gasteiger partial charge is 0.329 e. The number of hydrogen-bond acceptors (Lipinski definition) is 14. The Morgan fingerprint density at radius 3 is 1.40 bits per heavy atom. The van der Waals surface area contributed by atoms with Crippen LogP contribution in [0.4, 0.5) is 0 Å². The Hall–Kier alpha value is -6.98. The number of ether oxygens (including phenoxy) is 1. The highest BCUT2D eigenvalue weighted by molar-refractivity contribution is 5.99. The third-order valence-corrected chi connectivity index (χ3v) is 17.0. The van der Waals surface area contributed by atoms with Gasteiger partial charge in [0, 0.05) is 48.0 Å². The number of aliphatic hydroxyl groups excluding tert-OH is 1. The number of nitrogens with zero attached hydrogens (tertiary/aromatic N) is 7. The molecular weight excluding hydrogens is 1190 g/mol. The number of aliphatic hydroxyl groups is 1. The largest absolute Gasteiger partial charge is 0.450 e. The van der Waals surface area contributed by atoms with Crippen LogP contribution in [0, 0.1) is 54.3 Å². The van der Waals surface area contributed by atoms with Crippen molar-refractivity contribution in [1.29, 1.82) is 0 Å². The molecule has 0 unspecified atom stereocenters. The van der Waals surface area contributed by atoms with Crippen molar-refractivity contribution in [2.75, 3.05) is 48.8 Å². The highest BCUT2D eigenvalue weighted by Crippen LogP contribution is 2.25. The fraction of sp³-hybridized carbons (Fsp3) is 0.739. The Balaban J connectivity index is 3.02. The van der Waals surface area contributed by atoms with Crippen LogP contribution in [0.1, 0.15) is 174 Å². The predicted octanol–water partition coefficient (Wildman–Crippen LogP) is 5.22. The van der Waals surface area contributed by atoms with E-state index < -0.39 is 156 Å². The van der Waals surface area contributed by atoms with E-state index in [9.17, 15) is 43.5 Å². The number of carbonyl (C=O) groups excluding carboxylic acids is 11. The maximum absolute atomic E-state index is 15.3. The van der Waals surface area contributed by atoms with Crippen molar-refractivity contribution < 1.29 is 62.6 Å². The van der Waals surface area contributed by atoms with Crippen LogP contribution in [0.2, 0.25) is 0 Å². The number of aromatic nitrogens is 1. The number of rotatable bonds is 18. The lowest BCUT2D eigenvalue weighted by Gasteiger charge is -2.40. The summed E-state index contributed by atoms with van der Waals surface area (Å²) < 4.78 is 5.92. The van der Waals surface area contributed by atoms with E-state index in [4.69, 9.17) is 4.74 Å². The van der Waals surface area contributed by atoms with Gasteiger partial charge in [-0.1, -0.05) is 123 Å². The van der Waals surface area contributed by atoms with Crippen molar-refractivity contribution in [3.05, 3.63) is 35.7 Å². The van der Waals surface area contributed by atoms with Crippen molar-refractivity contribution in [1.82, 2.24) is 55.7 Å². The highest BCUT2D eigenvalue weighted by atomic mass is 16.6. The van der Waals surface area contributed by atoms with Gasteiger partial charge in [-0.05, 0) is 124 Å². The Bertz CT molecular complexity index is 2730. The van der Waals surface area contributed by atoms with Crippen molar-refractivity contribution >= 4 is 71.1 Å². The topological polar surface area (TPSA) is 298 Å². The minimum absolute atomic E-state index is 0.000978. The highest BCUT2D eigenvalue weighted by Gasteiger charge is 2.45. The zero-order valence-corrected chi connectivity index (χ0v) is 60.5. The van der Waals surface area contributed by atoms with Crippen LogP contribution in [0.5, 0.6) is 0 Å². The van der Waals surface area contributed by atoms with Gasteiger partial charge in [-0.25, -0.2) is 4.79 Å². The predicted molar refractivity (Wildman–Crippen MR) is 359 cm³/mol. The molecule has 1 aliphatic heterocycles. The number of allylic oxidation sites excluding steroid dienone is 1. The average molecular weight is 1310 g/mol. The lowest BCUT2D eigenvalue weighted by Crippen LogP contribution is -2.63. The number of cyclic esters (lactones) is 1. The van der Waals surface area contributed by atoms with E-state index in [-0.39, 0.29) is 74.5 Å². The van der Waals surface area contributed by atoms with Gasteiger partial charge in [-0.2, -0.15) is 0 Å². The fourth-order valence-corrected chi connectivity index (χ4v) is 11.5. The first-order valence-electron chi connectivity index (χ1n) is 33.4. The maximum Gasteiger partial charge on any atom is 0.329 e. The minimum atomic E-state index is -1.67. The molecule has 93 heavy (non-hydrogen) atoms. The molecule has 1 aliphatic rings. The normalized spacial score (nSPS) is 25.5. The molecule has 0 aromatic carbocycles. The summed E-state index contributed by atoms with van der Waals surface area (Å²) in [7, 11) is 8.38. The molecule has 0 aliphatic carbocycles. The van der Waals surface area contributed by atoms with Crippen LogP contribution in [0.25, 0.3) is 6.08 Å². The SMILES string of the molecule is CC[C@H]1NC(=O)[C@@H]([C@H](O)[C@H](C)C/C=C/c2cccc(C)n2)N(C)C(=O)[C@@H](C(C)C)N(C)C(=O)[C@@H](CC(C)C)NC(=O)[C@@H](CC(C)C)N(C)C(=O)[C@H](C(C)C)OC(=O)[C@@H](C)NC(=O)[C@@H](CC(C)C)N(C)C(=O)[C@@H](CC(C)C)NC(=O)[C@H](CC(C)C)N(C)C(=O)CN(C)C1=O. The summed E-state index contributed by atoms with van der Waals surface area (Å²) in [5, 5.41) is 23.6. The van der Waals surface area contributed by atoms with E-state index in [1.807, 2.05) is 94.4 Å². The first-order chi connectivity index (χ1) is 43.1. The molecule has 2 rings (SSSR count). The third-order valence-electron chi connectivity index (χ3n) is 17.0. The Labute approximate surface area is 555 Å². The summed E-state index contributed by atoms with van der Waals surface area (Å²) >= 11 is 0. The summed E-state index contributed by atoms with van der Waals surface area (Å²) in [6, 6.07) is -6.09. The summed E-state index contributed by atoms with van der Waals surface area (Å²) in [5.74, 6) is -10.9. The second-order valence-corrected chi connectivity index (χ2v) is 28.6. The lowest BCUT2D eigenvalue weighted by atomic mass is 9.91. The molecule has 0 saturated carbocycles. The number of esters is 1. The number of carbonyl (C=O) groups is 11. The summed E-state index contributed by atoms with van der Waals surface area (Å²) in [5.41, 5.74) is 1.45. The first-order valence-corrected chi connectivity index (χ1v) is 33.4. The van der Waals surface area contributed by atoms with Gasteiger partial charge >= 0.3 is 5.97 Å². The van der Waals surface area contributed by atoms with Crippen LogP contribution in [0.3, 0.4) is 0 Å². The fourth-order valence-electron chi connectivity index (χ4n) is 11.5. The van der Waals surface area contributed by atoms with Crippen molar-refractivity contribution in [3.8, 4) is 0 Å². The van der Waals surface area contributed by atoms with E-state index in [1.54, 1.807) is 53.7 Å². The lowest BCUT2D eigenvalue weighted by molar-refractivity contribution is -0.166. The molecule has 24 nitrogen and oxygen atoms in total. The van der Waals surface area contributed by atoms with Gasteiger partial charge in [0.2, 0.25) is 53.2 Å². The summed E-state index contributed by atoms with van der Waals surface area (Å²) in [6.07, 6.45) is 1.35. The molecule has 1 aromatic heterocycles. The number of likely N-dealkylation sites (N-methyl/N-ethyl adjacent to an activating group) is 6. The van der Waals surface area contributed by atoms with Gasteiger partial charge in [0.1, 0.15) is 54.4 Å². The molecule has 1 saturated heterocycles. The van der Waals surface area contributed by atoms with Crippen LogP contribution in [-0.2, 0) is 57.5 Å². The molecule has 0 radical (unpaired) electrons. The van der Waals surface area contributed by atoms with Crippen molar-refractivity contribution in [2.45, 2.75) is 236 Å². The van der Waals surface area contributed by atoms with Gasteiger partial charge in [0.05, 0.1) is 18.3 Å². The quantitative estimate of drug-likeness (QED) is 0.118. The Morgan fingerprint density at radius 2 is 0.957 bits per heavy atom. The van der Waals surface area contributed by atoms with Crippen LogP contribution in [-0.4, -0.2) is 220 Å². The van der Waals surface area contributed by atoms with Crippen molar-refractivity contribution in [2.24, 2.45) is 47.3 Å². The molecule has 0 bridgehead atoms. The van der Waals surface area contributed by atoms with E-state index in [0.29, 0.717) is 5.69 Å². The summed E-state index contributed by atoms with van der Waals surface area (Å²) in [4.78, 5) is 173. The van der Waals surface area contributed by atoms with Crippen LogP contribution >= 0.6 is 0 Å². The molecule has 5 N–H and O–H groups in total. The van der Waals surface area contributed by atoms with Crippen LogP contribution < -0.4 is 21.3 Å². The maximum atomic E-state index is 15.3. The monoisotopic (exact) mass is 1310 g/mol. The zero-order valence-electron chi connectivity index (χ0n) is 60.5. The molecule has 1 fully saturated rings. The Kier molecular flexibility index (Phi) is 33.4. The van der Waals surface area contributed by atoms with E-state index in [1.165, 1.54) is 68.8 Å². The third kappa shape index (κ3) is 24.4. The molecule has 12 atom stereocenters. The number of aryl methyl sites for hydroxylation is 1. The van der Waals surface area contributed by atoms with Gasteiger partial charge in [0.25, 0.3) is 5.91 Å². The van der Waals surface area contributed by atoms with E-state index in [0.717, 1.165) is 15.5 Å². The van der Waals surface area contributed by atoms with E-state index in [2.05, 4.69) is 26.3 Å². The number of nitrogens with one attached hydrogen (secondary N) is 4. The minimum Gasteiger partial charge on any atom is -0.450 e. The average Bonchev–Trinajstić information content (AvgIpc) is 0.825. The Morgan fingerprint density at radius 1 is 0.527 bits per heavy atom. The van der Waals surface area contributed by atoms with Gasteiger partial charge < -0.3 is 60.5 Å². The molecule has 0 spiro atoms. The van der Waals surface area contributed by atoms with Gasteiger partial charge in [-0.15, -0.1) is 0 Å². The molecule has 526 valence electrons. The van der Waals surface area contributed by atoms with Gasteiger partial charge in [0.15, 0.2) is 6.10 Å². The molecule has 1 aromatic rings. The van der Waals surface area contributed by atoms with Crippen LogP contribution in [0.15, 0.2) is 24.3 Å². The molecule has 10 amide bonds. The summed E-state index contributed by atoms with van der Waals surface area (Å²) in [6.45, 7) is 31.3. The second kappa shape index (κ2) is 37.8.